The van der Waals surface area contributed by atoms with Gasteiger partial charge in [-0.2, -0.15) is 0 Å². The Labute approximate surface area is 233 Å². The summed E-state index contributed by atoms with van der Waals surface area (Å²) < 4.78 is 15.8. The van der Waals surface area contributed by atoms with Crippen molar-refractivity contribution < 1.29 is 23.8 Å². The fraction of sp³-hybridized carbons (Fsp3) is 0.258. The molecule has 1 fully saturated rings. The van der Waals surface area contributed by atoms with Crippen LogP contribution in [-0.4, -0.2) is 68.9 Å². The molecule has 1 aromatic heterocycles. The number of hydrogen-bond acceptors (Lipinski definition) is 7. The Morgan fingerprint density at radius 3 is 2.25 bits per heavy atom. The number of methoxy groups -OCH3 is 3. The molecule has 0 radical (unpaired) electrons. The first-order valence-corrected chi connectivity index (χ1v) is 13.0. The Kier molecular flexibility index (Phi) is 8.12. The largest absolute Gasteiger partial charge is 0.493 e. The molecule has 206 valence electrons. The van der Waals surface area contributed by atoms with Crippen molar-refractivity contribution in [1.82, 2.24) is 15.2 Å². The fourth-order valence-corrected chi connectivity index (χ4v) is 5.18. The molecular weight excluding hydrogens is 508 g/mol. The van der Waals surface area contributed by atoms with Gasteiger partial charge in [-0.1, -0.05) is 60.7 Å². The minimum atomic E-state index is -0.357. The number of ether oxygens (including phenoxy) is 3. The van der Waals surface area contributed by atoms with Gasteiger partial charge in [-0.3, -0.25) is 9.69 Å². The molecule has 40 heavy (non-hydrogen) atoms. The fourth-order valence-electron chi connectivity index (χ4n) is 5.18. The lowest BCUT2D eigenvalue weighted by Crippen LogP contribution is -2.42. The highest BCUT2D eigenvalue weighted by Crippen LogP contribution is 2.36. The molecule has 0 saturated carbocycles. The van der Waals surface area contributed by atoms with Gasteiger partial charge in [-0.25, -0.2) is 9.78 Å². The van der Waals surface area contributed by atoms with Crippen LogP contribution in [0.15, 0.2) is 78.9 Å². The minimum absolute atomic E-state index is 0.0108. The molecule has 0 spiro atoms. The van der Waals surface area contributed by atoms with Crippen molar-refractivity contribution in [1.29, 1.82) is 0 Å². The Hall–Kier alpha value is -4.63. The van der Waals surface area contributed by atoms with Crippen molar-refractivity contribution in [3.05, 3.63) is 84.4 Å². The second-order valence-corrected chi connectivity index (χ2v) is 9.64. The van der Waals surface area contributed by atoms with E-state index >= 15 is 0 Å². The highest BCUT2D eigenvalue weighted by atomic mass is 16.5. The van der Waals surface area contributed by atoms with Crippen LogP contribution in [0.4, 0.5) is 10.5 Å². The van der Waals surface area contributed by atoms with E-state index < -0.39 is 0 Å². The number of aromatic nitrogens is 1. The number of hydrogen-bond donors (Lipinski definition) is 2. The van der Waals surface area contributed by atoms with Gasteiger partial charge in [0.15, 0.2) is 11.5 Å². The minimum Gasteiger partial charge on any atom is -0.493 e. The van der Waals surface area contributed by atoms with Gasteiger partial charge in [0, 0.05) is 36.0 Å². The summed E-state index contributed by atoms with van der Waals surface area (Å²) in [6.45, 7) is 1.30. The van der Waals surface area contributed by atoms with E-state index in [1.807, 2.05) is 83.8 Å². The maximum Gasteiger partial charge on any atom is 0.319 e. The van der Waals surface area contributed by atoms with E-state index in [9.17, 15) is 9.59 Å². The normalized spacial score (nSPS) is 16.9. The monoisotopic (exact) mass is 540 g/mol. The topological polar surface area (TPSA) is 102 Å². The van der Waals surface area contributed by atoms with Crippen molar-refractivity contribution >= 4 is 28.6 Å². The van der Waals surface area contributed by atoms with Crippen LogP contribution in [0.2, 0.25) is 0 Å². The van der Waals surface area contributed by atoms with Crippen LogP contribution in [0.1, 0.15) is 11.5 Å². The number of nitrogens with zero attached hydrogens (tertiary/aromatic N) is 2. The highest BCUT2D eigenvalue weighted by molar-refractivity contribution is 5.98. The first kappa shape index (κ1) is 27.0. The molecule has 2 heterocycles. The van der Waals surface area contributed by atoms with Gasteiger partial charge in [-0.15, -0.1) is 0 Å². The maximum absolute atomic E-state index is 13.5. The molecular formula is C31H32N4O5. The van der Waals surface area contributed by atoms with Crippen LogP contribution in [0.3, 0.4) is 0 Å². The number of benzene rings is 3. The third kappa shape index (κ3) is 5.84. The molecule has 0 bridgehead atoms. The first-order valence-electron chi connectivity index (χ1n) is 13.0. The summed E-state index contributed by atoms with van der Waals surface area (Å²) in [5.41, 5.74) is 3.86. The van der Waals surface area contributed by atoms with E-state index in [0.717, 1.165) is 16.5 Å². The van der Waals surface area contributed by atoms with Crippen LogP contribution < -0.4 is 20.1 Å². The van der Waals surface area contributed by atoms with E-state index in [2.05, 4.69) is 10.6 Å². The number of pyridine rings is 1. The van der Waals surface area contributed by atoms with Crippen LogP contribution >= 0.6 is 0 Å². The quantitative estimate of drug-likeness (QED) is 0.313. The summed E-state index contributed by atoms with van der Waals surface area (Å²) in [7, 11) is 4.54. The van der Waals surface area contributed by atoms with E-state index in [0.29, 0.717) is 41.5 Å². The van der Waals surface area contributed by atoms with Crippen molar-refractivity contribution in [2.75, 3.05) is 46.3 Å². The van der Waals surface area contributed by atoms with Crippen molar-refractivity contribution in [2.24, 2.45) is 0 Å². The zero-order valence-corrected chi connectivity index (χ0v) is 22.7. The summed E-state index contributed by atoms with van der Waals surface area (Å²) in [5, 5.41) is 6.98. The predicted octanol–water partition coefficient (Wildman–Crippen LogP) is 4.68. The van der Waals surface area contributed by atoms with Crippen LogP contribution in [0.25, 0.3) is 22.2 Å². The van der Waals surface area contributed by atoms with Gasteiger partial charge in [0.05, 0.1) is 50.8 Å². The van der Waals surface area contributed by atoms with Gasteiger partial charge in [0.25, 0.3) is 0 Å². The molecule has 9 heteroatoms. The molecule has 9 nitrogen and oxygen atoms in total. The second kappa shape index (κ2) is 12.0. The zero-order chi connectivity index (χ0) is 28.1. The van der Waals surface area contributed by atoms with Crippen LogP contribution in [0, 0.1) is 0 Å². The number of nitrogens with one attached hydrogen (secondary N) is 2. The number of urea groups is 1. The smallest absolute Gasteiger partial charge is 0.319 e. The number of fused-ring (bicyclic) bond motifs is 1. The number of esters is 1. The number of amides is 2. The van der Waals surface area contributed by atoms with Crippen molar-refractivity contribution in [3.8, 4) is 22.8 Å². The molecule has 4 aromatic rings. The molecule has 2 atom stereocenters. The molecule has 0 aliphatic carbocycles. The second-order valence-electron chi connectivity index (χ2n) is 9.64. The van der Waals surface area contributed by atoms with Crippen LogP contribution in [0.5, 0.6) is 11.5 Å². The predicted molar refractivity (Wildman–Crippen MR) is 154 cm³/mol. The van der Waals surface area contributed by atoms with Crippen LogP contribution in [-0.2, 0) is 9.53 Å². The van der Waals surface area contributed by atoms with Gasteiger partial charge in [0.2, 0.25) is 0 Å². The van der Waals surface area contributed by atoms with E-state index in [-0.39, 0.29) is 30.5 Å². The third-order valence-corrected chi connectivity index (χ3v) is 7.14. The molecule has 1 aliphatic rings. The average molecular weight is 541 g/mol. The highest BCUT2D eigenvalue weighted by Gasteiger charge is 2.35. The van der Waals surface area contributed by atoms with Gasteiger partial charge in [0.1, 0.15) is 0 Å². The number of likely N-dealkylation sites (tertiary alicyclic amines) is 1. The van der Waals surface area contributed by atoms with E-state index in [1.165, 1.54) is 7.11 Å². The summed E-state index contributed by atoms with van der Waals surface area (Å²) in [6.07, 6.45) is 0. The molecule has 3 aromatic carbocycles. The molecule has 5 rings (SSSR count). The van der Waals surface area contributed by atoms with Crippen molar-refractivity contribution in [2.45, 2.75) is 12.0 Å². The maximum atomic E-state index is 13.5. The molecule has 1 saturated heterocycles. The third-order valence-electron chi connectivity index (χ3n) is 7.14. The van der Waals surface area contributed by atoms with E-state index in [4.69, 9.17) is 19.2 Å². The zero-order valence-electron chi connectivity index (χ0n) is 22.7. The Morgan fingerprint density at radius 2 is 1.57 bits per heavy atom. The molecule has 2 N–H and O–H groups in total. The summed E-state index contributed by atoms with van der Waals surface area (Å²) in [6, 6.07) is 24.7. The number of anilines is 1. The molecule has 2 amide bonds. The number of carbonyl (C=O) groups is 2. The Balaban J connectivity index is 1.45. The summed E-state index contributed by atoms with van der Waals surface area (Å²) in [4.78, 5) is 32.3. The number of carbonyl (C=O) groups excluding carboxylic acids is 2. The average Bonchev–Trinajstić information content (AvgIpc) is 3.38. The Bertz CT molecular complexity index is 1500. The summed E-state index contributed by atoms with van der Waals surface area (Å²) in [5.74, 6) is 0.849. The van der Waals surface area contributed by atoms with Gasteiger partial charge >= 0.3 is 12.0 Å². The standard InChI is InChI=1S/C31H32N4O5/c1-38-27-15-22-14-25(30(21-12-8-5-9-13-21)32-24(22)16-28(27)39-2)33-31(37)34-26-18-35(19-29(36)40-3)17-23(26)20-10-6-4-7-11-20/h4-16,23,26H,17-19H2,1-3H3,(H2,33,34,37)/t23-,26+/m0/s1. The van der Waals surface area contributed by atoms with Crippen molar-refractivity contribution in [3.63, 3.8) is 0 Å². The summed E-state index contributed by atoms with van der Waals surface area (Å²) >= 11 is 0. The Morgan fingerprint density at radius 1 is 0.900 bits per heavy atom. The molecule has 1 aliphatic heterocycles. The van der Waals surface area contributed by atoms with Gasteiger partial charge in [-0.05, 0) is 17.7 Å². The molecule has 0 unspecified atom stereocenters. The van der Waals surface area contributed by atoms with E-state index in [1.54, 1.807) is 14.2 Å². The lowest BCUT2D eigenvalue weighted by molar-refractivity contribution is -0.141. The number of rotatable bonds is 8. The SMILES string of the molecule is COC(=O)CN1C[C@@H](NC(=O)Nc2cc3cc(OC)c(OC)cc3nc2-c2ccccc2)[C@H](c2ccccc2)C1. The van der Waals surface area contributed by atoms with Gasteiger partial charge < -0.3 is 24.8 Å². The lowest BCUT2D eigenvalue weighted by Gasteiger charge is -2.21. The lowest BCUT2D eigenvalue weighted by atomic mass is 9.94. The first-order chi connectivity index (χ1) is 19.5.